The average Bonchev–Trinajstić information content (AvgIpc) is 2.09. The predicted octanol–water partition coefficient (Wildman–Crippen LogP) is 2.27. The molecule has 4 heteroatoms. The van der Waals surface area contributed by atoms with Crippen molar-refractivity contribution in [1.29, 1.82) is 0 Å². The topological polar surface area (TPSA) is 38.7 Å². The Kier molecular flexibility index (Phi) is 3.25. The number of benzene rings is 1. The number of methoxy groups -OCH3 is 1. The van der Waals surface area contributed by atoms with Gasteiger partial charge in [-0.25, -0.2) is 4.79 Å². The summed E-state index contributed by atoms with van der Waals surface area (Å²) >= 11 is 2.08. The van der Waals surface area contributed by atoms with Crippen molar-refractivity contribution in [1.82, 2.24) is 0 Å². The standard InChI is InChI=1S/C8H6INO2/c1-12-7-4-2-3-6(9)8(7)10-5-11/h2-4H,1H3. The van der Waals surface area contributed by atoms with Gasteiger partial charge in [0, 0.05) is 3.57 Å². The molecule has 3 nitrogen and oxygen atoms in total. The minimum absolute atomic E-state index is 0.538. The zero-order valence-corrected chi connectivity index (χ0v) is 8.53. The average molecular weight is 275 g/mol. The van der Waals surface area contributed by atoms with Gasteiger partial charge in [-0.1, -0.05) is 6.07 Å². The maximum absolute atomic E-state index is 10.0. The summed E-state index contributed by atoms with van der Waals surface area (Å²) in [6.45, 7) is 0. The molecule has 0 unspecified atom stereocenters. The van der Waals surface area contributed by atoms with Crippen molar-refractivity contribution in [3.8, 4) is 5.75 Å². The molecule has 0 aromatic heterocycles. The molecule has 0 N–H and O–H groups in total. The molecule has 0 saturated heterocycles. The smallest absolute Gasteiger partial charge is 0.240 e. The van der Waals surface area contributed by atoms with Crippen LogP contribution in [0.5, 0.6) is 5.75 Å². The summed E-state index contributed by atoms with van der Waals surface area (Å²) in [6, 6.07) is 5.43. The maximum Gasteiger partial charge on any atom is 0.240 e. The molecule has 12 heavy (non-hydrogen) atoms. The van der Waals surface area contributed by atoms with Gasteiger partial charge in [0.1, 0.15) is 11.4 Å². The first-order valence-electron chi connectivity index (χ1n) is 3.20. The van der Waals surface area contributed by atoms with E-state index in [-0.39, 0.29) is 0 Å². The number of halogens is 1. The summed E-state index contributed by atoms with van der Waals surface area (Å²) in [6.07, 6.45) is 1.49. The third kappa shape index (κ3) is 1.84. The molecule has 0 aliphatic rings. The van der Waals surface area contributed by atoms with Crippen LogP contribution in [0.3, 0.4) is 0 Å². The predicted molar refractivity (Wildman–Crippen MR) is 53.5 cm³/mol. The molecule has 0 atom stereocenters. The van der Waals surface area contributed by atoms with E-state index in [4.69, 9.17) is 4.74 Å². The van der Waals surface area contributed by atoms with Crippen LogP contribution in [0.1, 0.15) is 0 Å². The molecule has 1 aromatic carbocycles. The second kappa shape index (κ2) is 4.23. The molecule has 0 fully saturated rings. The number of ether oxygens (including phenoxy) is 1. The van der Waals surface area contributed by atoms with Crippen LogP contribution in [0.4, 0.5) is 5.69 Å². The normalized spacial score (nSPS) is 8.83. The van der Waals surface area contributed by atoms with Crippen molar-refractivity contribution in [3.05, 3.63) is 21.8 Å². The highest BCUT2D eigenvalue weighted by atomic mass is 127. The third-order valence-corrected chi connectivity index (χ3v) is 2.20. The van der Waals surface area contributed by atoms with E-state index in [9.17, 15) is 4.79 Å². The molecule has 0 bridgehead atoms. The van der Waals surface area contributed by atoms with Crippen molar-refractivity contribution in [3.63, 3.8) is 0 Å². The lowest BCUT2D eigenvalue weighted by molar-refractivity contribution is 0.416. The van der Waals surface area contributed by atoms with E-state index in [0.29, 0.717) is 11.4 Å². The number of isocyanates is 1. The number of rotatable bonds is 2. The molecule has 0 aliphatic carbocycles. The minimum Gasteiger partial charge on any atom is -0.494 e. The molecule has 0 spiro atoms. The van der Waals surface area contributed by atoms with Crippen molar-refractivity contribution in [2.24, 2.45) is 4.99 Å². The first-order chi connectivity index (χ1) is 5.79. The van der Waals surface area contributed by atoms with Crippen LogP contribution in [0.25, 0.3) is 0 Å². The molecular weight excluding hydrogens is 269 g/mol. The fourth-order valence-corrected chi connectivity index (χ4v) is 1.41. The zero-order valence-electron chi connectivity index (χ0n) is 6.37. The van der Waals surface area contributed by atoms with Crippen LogP contribution >= 0.6 is 22.6 Å². The first kappa shape index (κ1) is 9.22. The Morgan fingerprint density at radius 3 is 2.92 bits per heavy atom. The molecule has 0 saturated carbocycles. The van der Waals surface area contributed by atoms with E-state index in [1.165, 1.54) is 13.2 Å². The number of aliphatic imine (C=N–C) groups is 1. The van der Waals surface area contributed by atoms with Crippen molar-refractivity contribution in [2.45, 2.75) is 0 Å². The van der Waals surface area contributed by atoms with E-state index in [0.717, 1.165) is 3.57 Å². The van der Waals surface area contributed by atoms with Gasteiger partial charge in [-0.05, 0) is 34.7 Å². The quantitative estimate of drug-likeness (QED) is 0.472. The zero-order chi connectivity index (χ0) is 8.97. The lowest BCUT2D eigenvalue weighted by Gasteiger charge is -2.03. The van der Waals surface area contributed by atoms with E-state index in [1.54, 1.807) is 6.07 Å². The van der Waals surface area contributed by atoms with Crippen LogP contribution in [-0.4, -0.2) is 13.2 Å². The Hall–Kier alpha value is -0.870. The summed E-state index contributed by atoms with van der Waals surface area (Å²) in [5, 5.41) is 0. The fraction of sp³-hybridized carbons (Fsp3) is 0.125. The molecule has 0 heterocycles. The fourth-order valence-electron chi connectivity index (χ4n) is 0.814. The minimum atomic E-state index is 0.538. The Morgan fingerprint density at radius 2 is 2.33 bits per heavy atom. The number of hydrogen-bond acceptors (Lipinski definition) is 3. The van der Waals surface area contributed by atoms with Gasteiger partial charge in [0.2, 0.25) is 6.08 Å². The second-order valence-electron chi connectivity index (χ2n) is 1.99. The van der Waals surface area contributed by atoms with Gasteiger partial charge < -0.3 is 4.74 Å². The van der Waals surface area contributed by atoms with Crippen molar-refractivity contribution < 1.29 is 9.53 Å². The lowest BCUT2D eigenvalue weighted by atomic mass is 10.3. The van der Waals surface area contributed by atoms with Gasteiger partial charge in [0.15, 0.2) is 0 Å². The summed E-state index contributed by atoms with van der Waals surface area (Å²) in [5.41, 5.74) is 0.538. The van der Waals surface area contributed by atoms with E-state index in [1.807, 2.05) is 12.1 Å². The lowest BCUT2D eigenvalue weighted by Crippen LogP contribution is -1.84. The third-order valence-electron chi connectivity index (χ3n) is 1.33. The number of para-hydroxylation sites is 1. The highest BCUT2D eigenvalue weighted by Crippen LogP contribution is 2.31. The largest absolute Gasteiger partial charge is 0.494 e. The van der Waals surface area contributed by atoms with Gasteiger partial charge in [0.05, 0.1) is 7.11 Å². The number of nitrogens with zero attached hydrogens (tertiary/aromatic N) is 1. The van der Waals surface area contributed by atoms with Gasteiger partial charge in [-0.2, -0.15) is 4.99 Å². The van der Waals surface area contributed by atoms with Crippen molar-refractivity contribution >= 4 is 34.4 Å². The van der Waals surface area contributed by atoms with Crippen LogP contribution < -0.4 is 4.74 Å². The molecular formula is C8H6INO2. The molecule has 0 amide bonds. The summed E-state index contributed by atoms with van der Waals surface area (Å²) in [7, 11) is 1.54. The monoisotopic (exact) mass is 275 g/mol. The van der Waals surface area contributed by atoms with Crippen molar-refractivity contribution in [2.75, 3.05) is 7.11 Å². The SMILES string of the molecule is COc1cccc(I)c1N=C=O. The number of hydrogen-bond donors (Lipinski definition) is 0. The highest BCUT2D eigenvalue weighted by molar-refractivity contribution is 14.1. The van der Waals surface area contributed by atoms with E-state index >= 15 is 0 Å². The van der Waals surface area contributed by atoms with Gasteiger partial charge in [-0.15, -0.1) is 0 Å². The molecule has 62 valence electrons. The van der Waals surface area contributed by atoms with Gasteiger partial charge >= 0.3 is 0 Å². The Labute approximate surface area is 83.6 Å². The van der Waals surface area contributed by atoms with E-state index in [2.05, 4.69) is 27.6 Å². The molecule has 0 radical (unpaired) electrons. The summed E-state index contributed by atoms with van der Waals surface area (Å²) in [5.74, 6) is 0.588. The highest BCUT2D eigenvalue weighted by Gasteiger charge is 2.04. The Morgan fingerprint density at radius 1 is 1.58 bits per heavy atom. The molecule has 1 rings (SSSR count). The van der Waals surface area contributed by atoms with E-state index < -0.39 is 0 Å². The van der Waals surface area contributed by atoms with Crippen LogP contribution in [-0.2, 0) is 4.79 Å². The van der Waals surface area contributed by atoms with Gasteiger partial charge in [0.25, 0.3) is 0 Å². The van der Waals surface area contributed by atoms with Gasteiger partial charge in [-0.3, -0.25) is 0 Å². The number of carbonyl (C=O) groups excluding carboxylic acids is 1. The molecule has 0 aliphatic heterocycles. The molecule has 1 aromatic rings. The summed E-state index contributed by atoms with van der Waals surface area (Å²) in [4.78, 5) is 13.6. The van der Waals surface area contributed by atoms with Crippen LogP contribution in [0.15, 0.2) is 23.2 Å². The Balaban J connectivity index is 3.28. The Bertz CT molecular complexity index is 332. The first-order valence-corrected chi connectivity index (χ1v) is 4.28. The second-order valence-corrected chi connectivity index (χ2v) is 3.16. The maximum atomic E-state index is 10.0. The van der Waals surface area contributed by atoms with Crippen LogP contribution in [0.2, 0.25) is 0 Å². The summed E-state index contributed by atoms with van der Waals surface area (Å²) < 4.78 is 5.87. The van der Waals surface area contributed by atoms with Crippen LogP contribution in [0, 0.1) is 3.57 Å².